The first-order chi connectivity index (χ1) is 12.6. The van der Waals surface area contributed by atoms with Crippen molar-refractivity contribution >= 4 is 23.2 Å². The molecule has 1 saturated heterocycles. The lowest BCUT2D eigenvalue weighted by molar-refractivity contribution is -0.137. The van der Waals surface area contributed by atoms with Crippen LogP contribution in [0.5, 0.6) is 5.75 Å². The Morgan fingerprint density at radius 1 is 1.31 bits per heavy atom. The highest BCUT2D eigenvalue weighted by Gasteiger charge is 2.33. The van der Waals surface area contributed by atoms with Crippen molar-refractivity contribution in [1.82, 2.24) is 10.2 Å². The van der Waals surface area contributed by atoms with Crippen molar-refractivity contribution in [3.05, 3.63) is 52.5 Å². The van der Waals surface area contributed by atoms with Crippen LogP contribution in [-0.2, 0) is 16.0 Å². The Bertz CT molecular complexity index is 751. The molecule has 1 aromatic heterocycles. The quantitative estimate of drug-likeness (QED) is 0.756. The summed E-state index contributed by atoms with van der Waals surface area (Å²) in [6, 6.07) is 9.29. The predicted molar refractivity (Wildman–Crippen MR) is 97.7 cm³/mol. The van der Waals surface area contributed by atoms with Crippen LogP contribution in [0.15, 0.2) is 41.8 Å². The number of nitrogens with one attached hydrogen (secondary N) is 1. The number of rotatable bonds is 7. The van der Waals surface area contributed by atoms with Crippen LogP contribution >= 0.6 is 11.3 Å². The molecule has 26 heavy (non-hydrogen) atoms. The summed E-state index contributed by atoms with van der Waals surface area (Å²) >= 11 is 1.54. The zero-order valence-electron chi connectivity index (χ0n) is 14.3. The summed E-state index contributed by atoms with van der Waals surface area (Å²) in [6.07, 6.45) is 1.84. The molecular formula is C19H21FN2O3S. The van der Waals surface area contributed by atoms with Gasteiger partial charge in [-0.05, 0) is 36.4 Å². The normalized spacial score (nSPS) is 16.5. The maximum atomic E-state index is 13.1. The maximum Gasteiger partial charge on any atom is 0.242 e. The first kappa shape index (κ1) is 18.4. The van der Waals surface area contributed by atoms with Gasteiger partial charge in [-0.2, -0.15) is 0 Å². The molecule has 1 aromatic carbocycles. The van der Waals surface area contributed by atoms with Gasteiger partial charge in [0.25, 0.3) is 0 Å². The zero-order chi connectivity index (χ0) is 18.4. The fourth-order valence-electron chi connectivity index (χ4n) is 3.02. The number of carbonyl (C=O) groups excluding carboxylic acids is 2. The molecule has 1 atom stereocenters. The van der Waals surface area contributed by atoms with Gasteiger partial charge in [-0.15, -0.1) is 11.3 Å². The molecule has 1 aliphatic rings. The number of ether oxygens (including phenoxy) is 1. The molecule has 1 N–H and O–H groups in total. The Morgan fingerprint density at radius 3 is 2.96 bits per heavy atom. The minimum atomic E-state index is -0.420. The van der Waals surface area contributed by atoms with Crippen molar-refractivity contribution in [3.63, 3.8) is 0 Å². The molecule has 7 heteroatoms. The average Bonchev–Trinajstić information content (AvgIpc) is 3.30. The van der Waals surface area contributed by atoms with Crippen molar-refractivity contribution < 1.29 is 18.7 Å². The fraction of sp³-hybridized carbons (Fsp3) is 0.368. The third kappa shape index (κ3) is 4.82. The van der Waals surface area contributed by atoms with E-state index >= 15 is 0 Å². The highest BCUT2D eigenvalue weighted by Crippen LogP contribution is 2.20. The van der Waals surface area contributed by atoms with Gasteiger partial charge in [0.2, 0.25) is 11.8 Å². The van der Waals surface area contributed by atoms with Crippen LogP contribution in [0.2, 0.25) is 0 Å². The van der Waals surface area contributed by atoms with E-state index in [1.807, 2.05) is 17.5 Å². The van der Waals surface area contributed by atoms with Crippen molar-refractivity contribution in [2.24, 2.45) is 0 Å². The Morgan fingerprint density at radius 2 is 2.19 bits per heavy atom. The highest BCUT2D eigenvalue weighted by atomic mass is 32.1. The summed E-state index contributed by atoms with van der Waals surface area (Å²) < 4.78 is 18.5. The molecule has 3 rings (SSSR count). The molecule has 1 aliphatic heterocycles. The topological polar surface area (TPSA) is 58.6 Å². The molecule has 0 aliphatic carbocycles. The molecule has 0 bridgehead atoms. The largest absolute Gasteiger partial charge is 0.492 e. The predicted octanol–water partition coefficient (Wildman–Crippen LogP) is 2.62. The lowest BCUT2D eigenvalue weighted by Gasteiger charge is -2.24. The molecule has 1 unspecified atom stereocenters. The summed E-state index contributed by atoms with van der Waals surface area (Å²) in [5, 5.41) is 4.74. The summed E-state index contributed by atoms with van der Waals surface area (Å²) in [4.78, 5) is 27.6. The molecular weight excluding hydrogens is 355 g/mol. The van der Waals surface area contributed by atoms with E-state index in [-0.39, 0.29) is 24.2 Å². The fourth-order valence-corrected chi connectivity index (χ4v) is 3.72. The van der Waals surface area contributed by atoms with Crippen LogP contribution in [0.3, 0.4) is 0 Å². The second-order valence-electron chi connectivity index (χ2n) is 6.10. The van der Waals surface area contributed by atoms with E-state index in [4.69, 9.17) is 4.74 Å². The number of halogens is 1. The standard InChI is InChI=1S/C19H21FN2O3S/c20-14-4-1-5-15(12-14)25-10-8-21-19(24)17-7-2-9-22(17)18(23)13-16-6-3-11-26-16/h1,3-6,11-12,17H,2,7-10,13H2,(H,21,24). The Labute approximate surface area is 155 Å². The number of carbonyl (C=O) groups is 2. The van der Waals surface area contributed by atoms with E-state index < -0.39 is 6.04 Å². The number of thiophene rings is 1. The Kier molecular flexibility index (Phi) is 6.22. The SMILES string of the molecule is O=C(NCCOc1cccc(F)c1)C1CCCN1C(=O)Cc1cccs1. The second-order valence-corrected chi connectivity index (χ2v) is 7.13. The van der Waals surface area contributed by atoms with E-state index in [0.717, 1.165) is 11.3 Å². The van der Waals surface area contributed by atoms with Gasteiger partial charge >= 0.3 is 0 Å². The van der Waals surface area contributed by atoms with E-state index in [1.165, 1.54) is 12.1 Å². The van der Waals surface area contributed by atoms with Gasteiger partial charge in [-0.3, -0.25) is 9.59 Å². The van der Waals surface area contributed by atoms with Gasteiger partial charge < -0.3 is 15.0 Å². The molecule has 2 aromatic rings. The highest BCUT2D eigenvalue weighted by molar-refractivity contribution is 7.10. The summed E-state index contributed by atoms with van der Waals surface area (Å²) in [7, 11) is 0. The van der Waals surface area contributed by atoms with Gasteiger partial charge in [-0.25, -0.2) is 4.39 Å². The lowest BCUT2D eigenvalue weighted by Crippen LogP contribution is -2.47. The van der Waals surface area contributed by atoms with E-state index in [9.17, 15) is 14.0 Å². The summed E-state index contributed by atoms with van der Waals surface area (Å²) in [5.74, 6) is -0.115. The molecule has 5 nitrogen and oxygen atoms in total. The smallest absolute Gasteiger partial charge is 0.242 e. The number of likely N-dealkylation sites (tertiary alicyclic amines) is 1. The van der Waals surface area contributed by atoms with E-state index in [1.54, 1.807) is 28.4 Å². The molecule has 2 heterocycles. The number of amides is 2. The molecule has 138 valence electrons. The van der Waals surface area contributed by atoms with Gasteiger partial charge in [0.05, 0.1) is 13.0 Å². The van der Waals surface area contributed by atoms with Gasteiger partial charge in [0, 0.05) is 17.5 Å². The monoisotopic (exact) mass is 376 g/mol. The number of benzene rings is 1. The minimum Gasteiger partial charge on any atom is -0.492 e. The van der Waals surface area contributed by atoms with Crippen LogP contribution < -0.4 is 10.1 Å². The van der Waals surface area contributed by atoms with Gasteiger partial charge in [0.1, 0.15) is 24.2 Å². The van der Waals surface area contributed by atoms with Crippen molar-refractivity contribution in [1.29, 1.82) is 0 Å². The van der Waals surface area contributed by atoms with E-state index in [2.05, 4.69) is 5.32 Å². The third-order valence-electron chi connectivity index (χ3n) is 4.25. The van der Waals surface area contributed by atoms with Crippen LogP contribution in [0.4, 0.5) is 4.39 Å². The molecule has 2 amide bonds. The summed E-state index contributed by atoms with van der Waals surface area (Å²) in [5.41, 5.74) is 0. The maximum absolute atomic E-state index is 13.1. The lowest BCUT2D eigenvalue weighted by atomic mass is 10.2. The van der Waals surface area contributed by atoms with Crippen LogP contribution in [-0.4, -0.2) is 42.5 Å². The van der Waals surface area contributed by atoms with Gasteiger partial charge in [-0.1, -0.05) is 12.1 Å². The van der Waals surface area contributed by atoms with Crippen molar-refractivity contribution in [2.75, 3.05) is 19.7 Å². The Hall–Kier alpha value is -2.41. The van der Waals surface area contributed by atoms with Crippen molar-refractivity contribution in [2.45, 2.75) is 25.3 Å². The number of hydrogen-bond donors (Lipinski definition) is 1. The van der Waals surface area contributed by atoms with Crippen LogP contribution in [0.25, 0.3) is 0 Å². The molecule has 1 fully saturated rings. The third-order valence-corrected chi connectivity index (χ3v) is 5.12. The average molecular weight is 376 g/mol. The van der Waals surface area contributed by atoms with Crippen LogP contribution in [0, 0.1) is 5.82 Å². The summed E-state index contributed by atoms with van der Waals surface area (Å²) in [6.45, 7) is 1.16. The number of nitrogens with zero attached hydrogens (tertiary/aromatic N) is 1. The second kappa shape index (κ2) is 8.80. The number of hydrogen-bond acceptors (Lipinski definition) is 4. The van der Waals surface area contributed by atoms with E-state index in [0.29, 0.717) is 31.7 Å². The van der Waals surface area contributed by atoms with Crippen molar-refractivity contribution in [3.8, 4) is 5.75 Å². The molecule has 0 radical (unpaired) electrons. The zero-order valence-corrected chi connectivity index (χ0v) is 15.1. The minimum absolute atomic E-state index is 0.0129. The Balaban J connectivity index is 1.45. The molecule has 0 saturated carbocycles. The van der Waals surface area contributed by atoms with Gasteiger partial charge in [0.15, 0.2) is 0 Å². The first-order valence-corrected chi connectivity index (χ1v) is 9.49. The molecule has 0 spiro atoms. The first-order valence-electron chi connectivity index (χ1n) is 8.61. The van der Waals surface area contributed by atoms with Crippen LogP contribution in [0.1, 0.15) is 17.7 Å².